The summed E-state index contributed by atoms with van der Waals surface area (Å²) in [5.41, 5.74) is 5.39. The Hall–Kier alpha value is -0.900. The lowest BCUT2D eigenvalue weighted by Gasteiger charge is -2.16. The Balaban J connectivity index is 2.72. The van der Waals surface area contributed by atoms with Gasteiger partial charge < -0.3 is 4.74 Å². The Bertz CT molecular complexity index is 289. The maximum Gasteiger partial charge on any atom is 0.0482 e. The summed E-state index contributed by atoms with van der Waals surface area (Å²) in [6, 6.07) is 8.68. The van der Waals surface area contributed by atoms with E-state index in [1.807, 2.05) is 0 Å². The van der Waals surface area contributed by atoms with Crippen LogP contribution in [0.2, 0.25) is 0 Å². The number of hydrogen-bond acceptors (Lipinski definition) is 3. The molecule has 0 saturated heterocycles. The highest BCUT2D eigenvalue weighted by Gasteiger charge is 2.08. The third-order valence-electron chi connectivity index (χ3n) is 2.57. The summed E-state index contributed by atoms with van der Waals surface area (Å²) in [5, 5.41) is 0. The first kappa shape index (κ1) is 12.2. The van der Waals surface area contributed by atoms with Crippen molar-refractivity contribution in [1.82, 2.24) is 5.43 Å². The van der Waals surface area contributed by atoms with Crippen LogP contribution in [0.15, 0.2) is 24.3 Å². The number of ether oxygens (including phenoxy) is 1. The van der Waals surface area contributed by atoms with Gasteiger partial charge in [-0.2, -0.15) is 0 Å². The normalized spacial score (nSPS) is 12.7. The van der Waals surface area contributed by atoms with Crippen molar-refractivity contribution in [3.05, 3.63) is 35.4 Å². The first-order valence-electron chi connectivity index (χ1n) is 5.35. The number of hydrazine groups is 1. The molecular formula is C12H20N2O. The van der Waals surface area contributed by atoms with Gasteiger partial charge in [0.05, 0.1) is 0 Å². The minimum Gasteiger partial charge on any atom is -0.385 e. The lowest BCUT2D eigenvalue weighted by atomic mass is 10.0. The Kier molecular flexibility index (Phi) is 5.32. The quantitative estimate of drug-likeness (QED) is 0.553. The molecule has 3 nitrogen and oxygen atoms in total. The van der Waals surface area contributed by atoms with Gasteiger partial charge in [-0.05, 0) is 24.0 Å². The van der Waals surface area contributed by atoms with Crippen LogP contribution in [-0.2, 0) is 11.2 Å². The van der Waals surface area contributed by atoms with E-state index in [-0.39, 0.29) is 6.04 Å². The van der Waals surface area contributed by atoms with E-state index in [4.69, 9.17) is 10.6 Å². The molecule has 0 fully saturated rings. The summed E-state index contributed by atoms with van der Waals surface area (Å²) >= 11 is 0. The van der Waals surface area contributed by atoms with Gasteiger partial charge in [0.1, 0.15) is 0 Å². The molecule has 3 N–H and O–H groups in total. The van der Waals surface area contributed by atoms with Crippen LogP contribution in [0.4, 0.5) is 0 Å². The maximum absolute atomic E-state index is 5.53. The molecule has 0 aliphatic carbocycles. The summed E-state index contributed by atoms with van der Waals surface area (Å²) in [6.07, 6.45) is 1.94. The molecule has 0 saturated carbocycles. The Morgan fingerprint density at radius 2 is 2.27 bits per heavy atom. The molecule has 1 aromatic rings. The molecule has 1 unspecified atom stereocenters. The van der Waals surface area contributed by atoms with E-state index >= 15 is 0 Å². The van der Waals surface area contributed by atoms with Crippen LogP contribution in [0.1, 0.15) is 30.5 Å². The summed E-state index contributed by atoms with van der Waals surface area (Å²) in [7, 11) is 1.70. The van der Waals surface area contributed by atoms with Crippen molar-refractivity contribution in [2.24, 2.45) is 5.84 Å². The molecule has 0 aromatic heterocycles. The molecule has 1 rings (SSSR count). The van der Waals surface area contributed by atoms with E-state index in [0.29, 0.717) is 6.61 Å². The SMILES string of the molecule is CCc1cccc(C(CCOC)NN)c1. The fourth-order valence-electron chi connectivity index (χ4n) is 1.61. The second-order valence-corrected chi connectivity index (χ2v) is 3.60. The van der Waals surface area contributed by atoms with E-state index in [2.05, 4.69) is 36.6 Å². The zero-order valence-corrected chi connectivity index (χ0v) is 9.49. The zero-order chi connectivity index (χ0) is 11.1. The predicted octanol–water partition coefficient (Wildman–Crippen LogP) is 1.79. The number of nitrogens with two attached hydrogens (primary N) is 1. The van der Waals surface area contributed by atoms with Crippen LogP contribution in [-0.4, -0.2) is 13.7 Å². The average Bonchev–Trinajstić information content (AvgIpc) is 2.30. The molecule has 0 heterocycles. The third kappa shape index (κ3) is 3.63. The van der Waals surface area contributed by atoms with Crippen molar-refractivity contribution >= 4 is 0 Å². The summed E-state index contributed by atoms with van der Waals surface area (Å²) < 4.78 is 5.06. The number of rotatable bonds is 6. The molecule has 1 aromatic carbocycles. The molecule has 0 bridgehead atoms. The van der Waals surface area contributed by atoms with Crippen LogP contribution in [0.25, 0.3) is 0 Å². The molecule has 15 heavy (non-hydrogen) atoms. The third-order valence-corrected chi connectivity index (χ3v) is 2.57. The minimum absolute atomic E-state index is 0.177. The van der Waals surface area contributed by atoms with Crippen LogP contribution < -0.4 is 11.3 Å². The van der Waals surface area contributed by atoms with Crippen LogP contribution in [0.3, 0.4) is 0 Å². The highest BCUT2D eigenvalue weighted by atomic mass is 16.5. The van der Waals surface area contributed by atoms with E-state index in [9.17, 15) is 0 Å². The van der Waals surface area contributed by atoms with Gasteiger partial charge in [-0.3, -0.25) is 11.3 Å². The van der Waals surface area contributed by atoms with E-state index in [1.165, 1.54) is 11.1 Å². The van der Waals surface area contributed by atoms with Gasteiger partial charge in [0.15, 0.2) is 0 Å². The van der Waals surface area contributed by atoms with Gasteiger partial charge in [-0.15, -0.1) is 0 Å². The van der Waals surface area contributed by atoms with Crippen molar-refractivity contribution < 1.29 is 4.74 Å². The fraction of sp³-hybridized carbons (Fsp3) is 0.500. The van der Waals surface area contributed by atoms with Crippen molar-refractivity contribution in [1.29, 1.82) is 0 Å². The van der Waals surface area contributed by atoms with Gasteiger partial charge in [-0.1, -0.05) is 31.2 Å². The molecule has 0 radical (unpaired) electrons. The average molecular weight is 208 g/mol. The summed E-state index contributed by atoms with van der Waals surface area (Å²) in [4.78, 5) is 0. The van der Waals surface area contributed by atoms with Crippen molar-refractivity contribution in [3.8, 4) is 0 Å². The lowest BCUT2D eigenvalue weighted by molar-refractivity contribution is 0.183. The first-order valence-corrected chi connectivity index (χ1v) is 5.35. The van der Waals surface area contributed by atoms with Crippen LogP contribution >= 0.6 is 0 Å². The lowest BCUT2D eigenvalue weighted by Crippen LogP contribution is -2.28. The number of aryl methyl sites for hydroxylation is 1. The number of hydrogen-bond donors (Lipinski definition) is 2. The second-order valence-electron chi connectivity index (χ2n) is 3.60. The van der Waals surface area contributed by atoms with E-state index in [1.54, 1.807) is 7.11 Å². The number of methoxy groups -OCH3 is 1. The smallest absolute Gasteiger partial charge is 0.0482 e. The van der Waals surface area contributed by atoms with Crippen LogP contribution in [0.5, 0.6) is 0 Å². The zero-order valence-electron chi connectivity index (χ0n) is 9.49. The molecule has 0 aliphatic rings. The molecule has 0 aliphatic heterocycles. The molecule has 3 heteroatoms. The number of nitrogens with one attached hydrogen (secondary N) is 1. The van der Waals surface area contributed by atoms with Gasteiger partial charge in [-0.25, -0.2) is 0 Å². The van der Waals surface area contributed by atoms with E-state index < -0.39 is 0 Å². The summed E-state index contributed by atoms with van der Waals surface area (Å²) in [6.45, 7) is 2.87. The Morgan fingerprint density at radius 1 is 1.47 bits per heavy atom. The largest absolute Gasteiger partial charge is 0.385 e. The molecule has 84 valence electrons. The first-order chi connectivity index (χ1) is 7.31. The minimum atomic E-state index is 0.177. The van der Waals surface area contributed by atoms with Crippen molar-refractivity contribution in [2.75, 3.05) is 13.7 Å². The van der Waals surface area contributed by atoms with Gasteiger partial charge in [0, 0.05) is 19.8 Å². The standard InChI is InChI=1S/C12H20N2O/c1-3-10-5-4-6-11(9-10)12(14-13)7-8-15-2/h4-6,9,12,14H,3,7-8,13H2,1-2H3. The monoisotopic (exact) mass is 208 g/mol. The molecule has 0 amide bonds. The molecule has 0 spiro atoms. The predicted molar refractivity (Wildman–Crippen MR) is 62.4 cm³/mol. The highest BCUT2D eigenvalue weighted by molar-refractivity contribution is 5.25. The maximum atomic E-state index is 5.53. The summed E-state index contributed by atoms with van der Waals surface area (Å²) in [5.74, 6) is 5.53. The van der Waals surface area contributed by atoms with Crippen LogP contribution in [0, 0.1) is 0 Å². The Morgan fingerprint density at radius 3 is 2.87 bits per heavy atom. The topological polar surface area (TPSA) is 47.3 Å². The van der Waals surface area contributed by atoms with Gasteiger partial charge in [0.2, 0.25) is 0 Å². The molecular weight excluding hydrogens is 188 g/mol. The number of benzene rings is 1. The second kappa shape index (κ2) is 6.56. The van der Waals surface area contributed by atoms with E-state index in [0.717, 1.165) is 12.8 Å². The van der Waals surface area contributed by atoms with Gasteiger partial charge in [0.25, 0.3) is 0 Å². The highest BCUT2D eigenvalue weighted by Crippen LogP contribution is 2.17. The Labute approximate surface area is 91.6 Å². The van der Waals surface area contributed by atoms with Gasteiger partial charge >= 0.3 is 0 Å². The van der Waals surface area contributed by atoms with Crippen molar-refractivity contribution in [2.45, 2.75) is 25.8 Å². The molecule has 1 atom stereocenters. The fourth-order valence-corrected chi connectivity index (χ4v) is 1.61. The van der Waals surface area contributed by atoms with Crippen molar-refractivity contribution in [3.63, 3.8) is 0 Å².